The van der Waals surface area contributed by atoms with E-state index in [0.717, 1.165) is 5.56 Å². The molecule has 0 spiro atoms. The van der Waals surface area contributed by atoms with E-state index in [1.54, 1.807) is 17.5 Å². The molecule has 21 heavy (non-hydrogen) atoms. The van der Waals surface area contributed by atoms with Gasteiger partial charge in [-0.25, -0.2) is 9.97 Å². The average molecular weight is 294 g/mol. The molecule has 0 saturated heterocycles. The second-order valence-corrected chi connectivity index (χ2v) is 5.12. The minimum Gasteiger partial charge on any atom is -0.506 e. The number of hydrogen-bond donors (Lipinski definition) is 2. The molecule has 0 fully saturated rings. The molecule has 1 aromatic carbocycles. The third-order valence-corrected chi connectivity index (χ3v) is 3.77. The van der Waals surface area contributed by atoms with Gasteiger partial charge in [-0.2, -0.15) is 5.26 Å². The summed E-state index contributed by atoms with van der Waals surface area (Å²) in [5, 5.41) is 22.9. The zero-order valence-electron chi connectivity index (χ0n) is 10.8. The molecule has 0 atom stereocenters. The Morgan fingerprint density at radius 1 is 1.10 bits per heavy atom. The van der Waals surface area contributed by atoms with Crippen LogP contribution in [-0.4, -0.2) is 15.1 Å². The first-order valence-corrected chi connectivity index (χ1v) is 7.02. The van der Waals surface area contributed by atoms with E-state index in [9.17, 15) is 5.11 Å². The molecule has 0 amide bonds. The number of aromatic hydroxyl groups is 1. The molecule has 0 unspecified atom stereocenters. The summed E-state index contributed by atoms with van der Waals surface area (Å²) < 4.78 is 0. The van der Waals surface area contributed by atoms with Gasteiger partial charge in [0.15, 0.2) is 6.19 Å². The maximum atomic E-state index is 9.85. The lowest BCUT2D eigenvalue weighted by atomic mass is 10.1. The van der Waals surface area contributed by atoms with E-state index in [0.29, 0.717) is 16.3 Å². The normalized spacial score (nSPS) is 10.0. The minimum absolute atomic E-state index is 0.167. The summed E-state index contributed by atoms with van der Waals surface area (Å²) in [6, 6.07) is 13.0. The van der Waals surface area contributed by atoms with Gasteiger partial charge in [0.25, 0.3) is 0 Å². The van der Waals surface area contributed by atoms with Crippen LogP contribution in [0.3, 0.4) is 0 Å². The number of nitrogens with one attached hydrogen (secondary N) is 1. The lowest BCUT2D eigenvalue weighted by Gasteiger charge is -2.06. The van der Waals surface area contributed by atoms with E-state index < -0.39 is 0 Å². The molecule has 0 saturated carbocycles. The summed E-state index contributed by atoms with van der Waals surface area (Å²) in [4.78, 5) is 9.22. The lowest BCUT2D eigenvalue weighted by Crippen LogP contribution is -1.98. The largest absolute Gasteiger partial charge is 0.506 e. The molecule has 2 heterocycles. The van der Waals surface area contributed by atoms with Crippen LogP contribution in [0.1, 0.15) is 0 Å². The van der Waals surface area contributed by atoms with Gasteiger partial charge < -0.3 is 5.11 Å². The van der Waals surface area contributed by atoms with Crippen molar-refractivity contribution in [2.75, 3.05) is 5.32 Å². The SMILES string of the molecule is N#CNc1nc(-c2ccccc2)cc(-c2sccc2O)n1. The van der Waals surface area contributed by atoms with Crippen LogP contribution in [0, 0.1) is 11.5 Å². The molecule has 0 aliphatic carbocycles. The predicted octanol–water partition coefficient (Wildman–Crippen LogP) is 3.47. The van der Waals surface area contributed by atoms with Gasteiger partial charge >= 0.3 is 0 Å². The second-order valence-electron chi connectivity index (χ2n) is 4.20. The molecular formula is C15H10N4OS. The first-order chi connectivity index (χ1) is 10.3. The van der Waals surface area contributed by atoms with Gasteiger partial charge in [0.1, 0.15) is 5.75 Å². The van der Waals surface area contributed by atoms with Crippen LogP contribution < -0.4 is 5.32 Å². The Kier molecular flexibility index (Phi) is 3.50. The predicted molar refractivity (Wildman–Crippen MR) is 81.7 cm³/mol. The van der Waals surface area contributed by atoms with Crippen molar-refractivity contribution in [3.63, 3.8) is 0 Å². The van der Waals surface area contributed by atoms with E-state index >= 15 is 0 Å². The maximum Gasteiger partial charge on any atom is 0.237 e. The fraction of sp³-hybridized carbons (Fsp3) is 0. The van der Waals surface area contributed by atoms with Gasteiger partial charge in [0.05, 0.1) is 16.3 Å². The number of anilines is 1. The Bertz CT molecular complexity index is 808. The molecule has 3 rings (SSSR count). The Morgan fingerprint density at radius 3 is 2.52 bits per heavy atom. The summed E-state index contributed by atoms with van der Waals surface area (Å²) in [7, 11) is 0. The number of benzene rings is 1. The first-order valence-electron chi connectivity index (χ1n) is 6.14. The highest BCUT2D eigenvalue weighted by Crippen LogP contribution is 2.35. The van der Waals surface area contributed by atoms with Crippen molar-refractivity contribution in [3.8, 4) is 33.8 Å². The first kappa shape index (κ1) is 13.1. The molecule has 0 aliphatic rings. The van der Waals surface area contributed by atoms with Crippen molar-refractivity contribution >= 4 is 17.3 Å². The summed E-state index contributed by atoms with van der Waals surface area (Å²) in [5.41, 5.74) is 2.18. The van der Waals surface area contributed by atoms with E-state index in [2.05, 4.69) is 15.3 Å². The van der Waals surface area contributed by atoms with Crippen LogP contribution >= 0.6 is 11.3 Å². The minimum atomic E-state index is 0.167. The van der Waals surface area contributed by atoms with E-state index in [4.69, 9.17) is 5.26 Å². The topological polar surface area (TPSA) is 81.8 Å². The fourth-order valence-electron chi connectivity index (χ4n) is 1.92. The van der Waals surface area contributed by atoms with Gasteiger partial charge in [0.2, 0.25) is 5.95 Å². The summed E-state index contributed by atoms with van der Waals surface area (Å²) in [6.07, 6.45) is 1.82. The van der Waals surface area contributed by atoms with Crippen molar-refractivity contribution in [1.82, 2.24) is 9.97 Å². The Balaban J connectivity index is 2.16. The van der Waals surface area contributed by atoms with E-state index in [1.165, 1.54) is 11.3 Å². The van der Waals surface area contributed by atoms with Crippen LogP contribution in [0.5, 0.6) is 5.75 Å². The Morgan fingerprint density at radius 2 is 1.86 bits per heavy atom. The number of rotatable bonds is 3. The highest BCUT2D eigenvalue weighted by Gasteiger charge is 2.12. The molecule has 5 nitrogen and oxygen atoms in total. The fourth-order valence-corrected chi connectivity index (χ4v) is 2.67. The van der Waals surface area contributed by atoms with Gasteiger partial charge in [-0.15, -0.1) is 11.3 Å². The van der Waals surface area contributed by atoms with Crippen molar-refractivity contribution in [3.05, 3.63) is 47.8 Å². The third kappa shape index (κ3) is 2.68. The van der Waals surface area contributed by atoms with Gasteiger partial charge in [0, 0.05) is 5.56 Å². The standard InChI is InChI=1S/C15H10N4OS/c16-9-17-15-18-11(10-4-2-1-3-5-10)8-12(19-15)14-13(20)6-7-21-14/h1-8,20H,(H,17,18,19). The molecule has 6 heteroatoms. The monoisotopic (exact) mass is 294 g/mol. The van der Waals surface area contributed by atoms with E-state index in [-0.39, 0.29) is 11.7 Å². The smallest absolute Gasteiger partial charge is 0.237 e. The number of nitrogens with zero attached hydrogens (tertiary/aromatic N) is 3. The molecule has 0 aliphatic heterocycles. The van der Waals surface area contributed by atoms with Crippen LogP contribution in [0.2, 0.25) is 0 Å². The number of nitriles is 1. The van der Waals surface area contributed by atoms with Crippen LogP contribution in [0.15, 0.2) is 47.8 Å². The zero-order valence-corrected chi connectivity index (χ0v) is 11.6. The molecule has 3 aromatic rings. The number of aromatic nitrogens is 2. The van der Waals surface area contributed by atoms with Crippen LogP contribution in [0.25, 0.3) is 21.8 Å². The molecule has 2 N–H and O–H groups in total. The molecule has 0 bridgehead atoms. The van der Waals surface area contributed by atoms with E-state index in [1.807, 2.05) is 36.5 Å². The highest BCUT2D eigenvalue weighted by atomic mass is 32.1. The average Bonchev–Trinajstić information content (AvgIpc) is 2.94. The summed E-state index contributed by atoms with van der Waals surface area (Å²) in [5.74, 6) is 0.377. The molecular weight excluding hydrogens is 284 g/mol. The zero-order chi connectivity index (χ0) is 14.7. The summed E-state index contributed by atoms with van der Waals surface area (Å²) >= 11 is 1.38. The maximum absolute atomic E-state index is 9.85. The Labute approximate surface area is 125 Å². The van der Waals surface area contributed by atoms with Crippen molar-refractivity contribution in [2.45, 2.75) is 0 Å². The highest BCUT2D eigenvalue weighted by molar-refractivity contribution is 7.14. The van der Waals surface area contributed by atoms with Crippen molar-refractivity contribution in [1.29, 1.82) is 5.26 Å². The number of hydrogen-bond acceptors (Lipinski definition) is 6. The summed E-state index contributed by atoms with van der Waals surface area (Å²) in [6.45, 7) is 0. The molecule has 2 aromatic heterocycles. The quantitative estimate of drug-likeness (QED) is 0.571. The van der Waals surface area contributed by atoms with Crippen LogP contribution in [-0.2, 0) is 0 Å². The van der Waals surface area contributed by atoms with Crippen molar-refractivity contribution < 1.29 is 5.11 Å². The third-order valence-electron chi connectivity index (χ3n) is 2.84. The molecule has 102 valence electrons. The van der Waals surface area contributed by atoms with Gasteiger partial charge in [-0.05, 0) is 17.5 Å². The van der Waals surface area contributed by atoms with Crippen molar-refractivity contribution in [2.24, 2.45) is 0 Å². The lowest BCUT2D eigenvalue weighted by molar-refractivity contribution is 0.479. The number of thiophene rings is 1. The molecule has 0 radical (unpaired) electrons. The van der Waals surface area contributed by atoms with Gasteiger partial charge in [-0.3, -0.25) is 5.32 Å². The van der Waals surface area contributed by atoms with Gasteiger partial charge in [-0.1, -0.05) is 30.3 Å². The second kappa shape index (κ2) is 5.61. The Hall–Kier alpha value is -2.91. The van der Waals surface area contributed by atoms with Crippen LogP contribution in [0.4, 0.5) is 5.95 Å².